The number of nitrogens with zero attached hydrogens (tertiary/aromatic N) is 1. The number of benzene rings is 2. The molecule has 1 amide bonds. The zero-order valence-corrected chi connectivity index (χ0v) is 16.6. The lowest BCUT2D eigenvalue weighted by Gasteiger charge is -2.32. The van der Waals surface area contributed by atoms with Gasteiger partial charge in [0.15, 0.2) is 0 Å². The summed E-state index contributed by atoms with van der Waals surface area (Å²) >= 11 is 0. The van der Waals surface area contributed by atoms with Crippen LogP contribution in [0.15, 0.2) is 54.6 Å². The molecule has 3 rings (SSSR count). The van der Waals surface area contributed by atoms with E-state index >= 15 is 0 Å². The van der Waals surface area contributed by atoms with Gasteiger partial charge in [-0.2, -0.15) is 0 Å². The Morgan fingerprint density at radius 3 is 2.14 bits per heavy atom. The molecule has 1 aliphatic rings. The molecule has 1 heterocycles. The van der Waals surface area contributed by atoms with Gasteiger partial charge in [-0.15, -0.1) is 0 Å². The third kappa shape index (κ3) is 5.86. The summed E-state index contributed by atoms with van der Waals surface area (Å²) in [6.07, 6.45) is 5.37. The van der Waals surface area contributed by atoms with E-state index in [0.29, 0.717) is 0 Å². The molecule has 1 N–H and O–H groups in total. The summed E-state index contributed by atoms with van der Waals surface area (Å²) in [7, 11) is 3.32. The van der Waals surface area contributed by atoms with E-state index in [0.717, 1.165) is 49.5 Å². The Morgan fingerprint density at radius 2 is 1.57 bits per heavy atom. The number of carbonyl (C=O) groups excluding carboxylic acids is 1. The highest BCUT2D eigenvalue weighted by Gasteiger charge is 2.20. The molecule has 0 atom stereocenters. The van der Waals surface area contributed by atoms with Gasteiger partial charge in [-0.3, -0.25) is 9.69 Å². The Morgan fingerprint density at radius 1 is 1.00 bits per heavy atom. The number of carbonyl (C=O) groups is 1. The number of nitrogens with one attached hydrogen (secondary N) is 1. The fraction of sp³-hybridized carbons (Fsp3) is 0.348. The van der Waals surface area contributed by atoms with Crippen molar-refractivity contribution in [1.29, 1.82) is 0 Å². The maximum Gasteiger partial charge on any atom is 0.244 e. The Kier molecular flexibility index (Phi) is 7.09. The summed E-state index contributed by atoms with van der Waals surface area (Å²) in [5.74, 6) is 1.65. The molecule has 28 heavy (non-hydrogen) atoms. The molecule has 0 saturated carbocycles. The van der Waals surface area contributed by atoms with Gasteiger partial charge in [0.1, 0.15) is 11.5 Å². The van der Waals surface area contributed by atoms with Crippen LogP contribution in [0.1, 0.15) is 24.0 Å². The van der Waals surface area contributed by atoms with Crippen LogP contribution in [0.5, 0.6) is 11.5 Å². The molecule has 2 aromatic carbocycles. The topological polar surface area (TPSA) is 50.8 Å². The van der Waals surface area contributed by atoms with Gasteiger partial charge in [-0.1, -0.05) is 24.3 Å². The molecule has 5 heteroatoms. The normalized spacial score (nSPS) is 15.5. The van der Waals surface area contributed by atoms with E-state index in [-0.39, 0.29) is 11.9 Å². The Bertz CT molecular complexity index is 776. The molecule has 0 aliphatic carbocycles. The molecular weight excluding hydrogens is 352 g/mol. The van der Waals surface area contributed by atoms with E-state index < -0.39 is 0 Å². The van der Waals surface area contributed by atoms with Gasteiger partial charge >= 0.3 is 0 Å². The standard InChI is InChI=1S/C23H28N2O3/c1-27-21-8-3-18(4-9-21)7-12-23(26)24-20-13-15-25(16-14-20)17-19-5-10-22(28-2)11-6-19/h3-12,20H,13-17H2,1-2H3,(H,24,26)/b12-7+. The van der Waals surface area contributed by atoms with Gasteiger partial charge in [-0.25, -0.2) is 0 Å². The maximum absolute atomic E-state index is 12.2. The van der Waals surface area contributed by atoms with Crippen LogP contribution in [0.3, 0.4) is 0 Å². The molecule has 0 radical (unpaired) electrons. The van der Waals surface area contributed by atoms with E-state index in [9.17, 15) is 4.79 Å². The second-order valence-corrected chi connectivity index (χ2v) is 7.01. The Labute approximate surface area is 167 Å². The molecule has 1 fully saturated rings. The first-order valence-electron chi connectivity index (χ1n) is 9.64. The minimum absolute atomic E-state index is 0.0376. The quantitative estimate of drug-likeness (QED) is 0.747. The van der Waals surface area contributed by atoms with Crippen LogP contribution >= 0.6 is 0 Å². The average Bonchev–Trinajstić information content (AvgIpc) is 2.74. The van der Waals surface area contributed by atoms with Crippen LogP contribution in [0.2, 0.25) is 0 Å². The van der Waals surface area contributed by atoms with Crippen molar-refractivity contribution >= 4 is 12.0 Å². The minimum atomic E-state index is -0.0376. The van der Waals surface area contributed by atoms with Crippen LogP contribution in [-0.4, -0.2) is 44.2 Å². The predicted molar refractivity (Wildman–Crippen MR) is 111 cm³/mol. The van der Waals surface area contributed by atoms with Gasteiger partial charge in [0.05, 0.1) is 14.2 Å². The van der Waals surface area contributed by atoms with Crippen molar-refractivity contribution in [2.75, 3.05) is 27.3 Å². The molecule has 148 valence electrons. The van der Waals surface area contributed by atoms with E-state index in [4.69, 9.17) is 9.47 Å². The maximum atomic E-state index is 12.2. The van der Waals surface area contributed by atoms with E-state index in [1.165, 1.54) is 5.56 Å². The van der Waals surface area contributed by atoms with E-state index in [1.54, 1.807) is 20.3 Å². The molecule has 2 aromatic rings. The molecule has 1 aliphatic heterocycles. The molecule has 0 spiro atoms. The smallest absolute Gasteiger partial charge is 0.244 e. The fourth-order valence-electron chi connectivity index (χ4n) is 3.36. The minimum Gasteiger partial charge on any atom is -0.497 e. The lowest BCUT2D eigenvalue weighted by atomic mass is 10.0. The second kappa shape index (κ2) is 9.95. The van der Waals surface area contributed by atoms with Crippen molar-refractivity contribution in [2.45, 2.75) is 25.4 Å². The molecule has 1 saturated heterocycles. The summed E-state index contributed by atoms with van der Waals surface area (Å²) in [5, 5.41) is 3.12. The Hall–Kier alpha value is -2.79. The number of rotatable bonds is 7. The first-order valence-corrected chi connectivity index (χ1v) is 9.64. The Balaban J connectivity index is 1.41. The van der Waals surface area contributed by atoms with Gasteiger partial charge in [0.2, 0.25) is 5.91 Å². The van der Waals surface area contributed by atoms with Gasteiger partial charge < -0.3 is 14.8 Å². The van der Waals surface area contributed by atoms with Gasteiger partial charge in [0, 0.05) is 31.8 Å². The average molecular weight is 380 g/mol. The fourth-order valence-corrected chi connectivity index (χ4v) is 3.36. The van der Waals surface area contributed by atoms with Crippen LogP contribution in [0, 0.1) is 0 Å². The summed E-state index contributed by atoms with van der Waals surface area (Å²) < 4.78 is 10.3. The van der Waals surface area contributed by atoms with Crippen molar-refractivity contribution in [3.8, 4) is 11.5 Å². The third-order valence-corrected chi connectivity index (χ3v) is 5.04. The molecular formula is C23H28N2O3. The van der Waals surface area contributed by atoms with E-state index in [2.05, 4.69) is 22.3 Å². The SMILES string of the molecule is COc1ccc(/C=C/C(=O)NC2CCN(Cc3ccc(OC)cc3)CC2)cc1. The number of piperidine rings is 1. The van der Waals surface area contributed by atoms with Crippen molar-refractivity contribution in [1.82, 2.24) is 10.2 Å². The first-order chi connectivity index (χ1) is 13.7. The van der Waals surface area contributed by atoms with Gasteiger partial charge in [-0.05, 0) is 54.3 Å². The third-order valence-electron chi connectivity index (χ3n) is 5.04. The summed E-state index contributed by atoms with van der Waals surface area (Å²) in [4.78, 5) is 14.6. The summed E-state index contributed by atoms with van der Waals surface area (Å²) in [6.45, 7) is 2.90. The van der Waals surface area contributed by atoms with Crippen LogP contribution in [0.4, 0.5) is 0 Å². The number of amides is 1. The predicted octanol–water partition coefficient (Wildman–Crippen LogP) is 3.50. The van der Waals surface area contributed by atoms with Crippen LogP contribution in [0.25, 0.3) is 6.08 Å². The number of hydrogen-bond acceptors (Lipinski definition) is 4. The highest BCUT2D eigenvalue weighted by atomic mass is 16.5. The highest BCUT2D eigenvalue weighted by molar-refractivity contribution is 5.91. The summed E-state index contributed by atoms with van der Waals surface area (Å²) in [6, 6.07) is 16.1. The van der Waals surface area contributed by atoms with Crippen molar-refractivity contribution in [3.63, 3.8) is 0 Å². The lowest BCUT2D eigenvalue weighted by Crippen LogP contribution is -2.43. The first kappa shape index (κ1) is 20.0. The lowest BCUT2D eigenvalue weighted by molar-refractivity contribution is -0.117. The number of ether oxygens (including phenoxy) is 2. The zero-order chi connectivity index (χ0) is 19.8. The van der Waals surface area contributed by atoms with E-state index in [1.807, 2.05) is 42.5 Å². The zero-order valence-electron chi connectivity index (χ0n) is 16.6. The number of hydrogen-bond donors (Lipinski definition) is 1. The number of methoxy groups -OCH3 is 2. The van der Waals surface area contributed by atoms with Crippen LogP contribution < -0.4 is 14.8 Å². The monoisotopic (exact) mass is 380 g/mol. The van der Waals surface area contributed by atoms with Crippen LogP contribution in [-0.2, 0) is 11.3 Å². The van der Waals surface area contributed by atoms with Crippen molar-refractivity contribution < 1.29 is 14.3 Å². The largest absolute Gasteiger partial charge is 0.497 e. The molecule has 0 bridgehead atoms. The van der Waals surface area contributed by atoms with Crippen molar-refractivity contribution in [3.05, 3.63) is 65.7 Å². The molecule has 0 unspecified atom stereocenters. The summed E-state index contributed by atoms with van der Waals surface area (Å²) in [5.41, 5.74) is 2.26. The highest BCUT2D eigenvalue weighted by Crippen LogP contribution is 2.17. The molecule has 5 nitrogen and oxygen atoms in total. The number of likely N-dealkylation sites (tertiary alicyclic amines) is 1. The van der Waals surface area contributed by atoms with Crippen molar-refractivity contribution in [2.24, 2.45) is 0 Å². The second-order valence-electron chi connectivity index (χ2n) is 7.01. The van der Waals surface area contributed by atoms with Gasteiger partial charge in [0.25, 0.3) is 0 Å². The molecule has 0 aromatic heterocycles.